The van der Waals surface area contributed by atoms with Gasteiger partial charge in [-0.1, -0.05) is 12.1 Å². The SMILES string of the molecule is Cc1c(O)cccc1C(=O)I. The lowest BCUT2D eigenvalue weighted by atomic mass is 10.1. The number of aromatic hydroxyl groups is 1. The zero-order valence-corrected chi connectivity index (χ0v) is 8.12. The summed E-state index contributed by atoms with van der Waals surface area (Å²) < 4.78 is -0.0454. The first-order chi connectivity index (χ1) is 5.13. The Morgan fingerprint density at radius 3 is 2.64 bits per heavy atom. The number of hydrogen-bond acceptors (Lipinski definition) is 2. The molecule has 1 rings (SSSR count). The number of benzene rings is 1. The molecule has 0 aliphatic rings. The lowest BCUT2D eigenvalue weighted by molar-refractivity contribution is 0.110. The number of carbonyl (C=O) groups excluding carboxylic acids is 1. The predicted octanol–water partition coefficient (Wildman–Crippen LogP) is 2.28. The van der Waals surface area contributed by atoms with Crippen molar-refractivity contribution in [3.8, 4) is 5.75 Å². The lowest BCUT2D eigenvalue weighted by Gasteiger charge is -2.01. The van der Waals surface area contributed by atoms with Gasteiger partial charge in [0.05, 0.1) is 0 Å². The summed E-state index contributed by atoms with van der Waals surface area (Å²) in [5.41, 5.74) is 1.22. The van der Waals surface area contributed by atoms with Crippen molar-refractivity contribution in [2.45, 2.75) is 6.92 Å². The average molecular weight is 262 g/mol. The van der Waals surface area contributed by atoms with Crippen molar-refractivity contribution in [3.05, 3.63) is 29.3 Å². The van der Waals surface area contributed by atoms with E-state index in [1.807, 2.05) is 0 Å². The number of hydrogen-bond donors (Lipinski definition) is 1. The molecule has 0 saturated heterocycles. The Labute approximate surface area is 78.4 Å². The number of halogens is 1. The van der Waals surface area contributed by atoms with Crippen LogP contribution in [0.15, 0.2) is 18.2 Å². The zero-order valence-electron chi connectivity index (χ0n) is 5.97. The molecule has 0 aromatic heterocycles. The van der Waals surface area contributed by atoms with Gasteiger partial charge < -0.3 is 5.11 Å². The maximum absolute atomic E-state index is 10.9. The summed E-state index contributed by atoms with van der Waals surface area (Å²) in [6, 6.07) is 4.93. The Bertz CT molecular complexity index is 294. The van der Waals surface area contributed by atoms with E-state index in [1.54, 1.807) is 47.7 Å². The van der Waals surface area contributed by atoms with Gasteiger partial charge in [-0.2, -0.15) is 0 Å². The Morgan fingerprint density at radius 1 is 1.55 bits per heavy atom. The summed E-state index contributed by atoms with van der Waals surface area (Å²) in [5.74, 6) is 0.174. The Hall–Kier alpha value is -0.580. The maximum atomic E-state index is 10.9. The van der Waals surface area contributed by atoms with Crippen LogP contribution in [0, 0.1) is 6.92 Å². The van der Waals surface area contributed by atoms with E-state index in [1.165, 1.54) is 0 Å². The molecule has 0 heterocycles. The van der Waals surface area contributed by atoms with Crippen molar-refractivity contribution in [2.75, 3.05) is 0 Å². The molecule has 0 saturated carbocycles. The number of phenolic OH excluding ortho intramolecular Hbond substituents is 1. The van der Waals surface area contributed by atoms with Crippen LogP contribution in [0.5, 0.6) is 5.75 Å². The largest absolute Gasteiger partial charge is 0.508 e. The van der Waals surface area contributed by atoms with Gasteiger partial charge in [0.15, 0.2) is 0 Å². The molecule has 0 atom stereocenters. The lowest BCUT2D eigenvalue weighted by Crippen LogP contribution is -1.91. The number of phenols is 1. The summed E-state index contributed by atoms with van der Waals surface area (Å²) in [6.07, 6.45) is 0. The molecule has 0 spiro atoms. The Balaban J connectivity index is 3.27. The topological polar surface area (TPSA) is 37.3 Å². The van der Waals surface area contributed by atoms with Crippen molar-refractivity contribution < 1.29 is 9.90 Å². The summed E-state index contributed by atoms with van der Waals surface area (Å²) in [4.78, 5) is 10.9. The first-order valence-electron chi connectivity index (χ1n) is 3.11. The second-order valence-electron chi connectivity index (χ2n) is 2.22. The molecular formula is C8H7IO2. The van der Waals surface area contributed by atoms with Crippen molar-refractivity contribution in [3.63, 3.8) is 0 Å². The second kappa shape index (κ2) is 3.21. The molecule has 0 bridgehead atoms. The van der Waals surface area contributed by atoms with Crippen LogP contribution in [0.1, 0.15) is 15.9 Å². The van der Waals surface area contributed by atoms with E-state index < -0.39 is 0 Å². The van der Waals surface area contributed by atoms with Gasteiger partial charge in [0.2, 0.25) is 3.79 Å². The normalized spacial score (nSPS) is 9.64. The molecule has 0 fully saturated rings. The fourth-order valence-electron chi connectivity index (χ4n) is 0.836. The minimum absolute atomic E-state index is 0.0454. The highest BCUT2D eigenvalue weighted by Crippen LogP contribution is 2.21. The fraction of sp³-hybridized carbons (Fsp3) is 0.125. The van der Waals surface area contributed by atoms with E-state index in [4.69, 9.17) is 0 Å². The van der Waals surface area contributed by atoms with E-state index in [0.717, 1.165) is 0 Å². The van der Waals surface area contributed by atoms with E-state index in [-0.39, 0.29) is 9.54 Å². The summed E-state index contributed by atoms with van der Waals surface area (Å²) in [5, 5.41) is 9.19. The predicted molar refractivity (Wildman–Crippen MR) is 51.2 cm³/mol. The van der Waals surface area contributed by atoms with Gasteiger partial charge in [-0.25, -0.2) is 0 Å². The van der Waals surface area contributed by atoms with Crippen LogP contribution >= 0.6 is 22.6 Å². The van der Waals surface area contributed by atoms with Crippen LogP contribution < -0.4 is 0 Å². The van der Waals surface area contributed by atoms with Crippen LogP contribution in [0.4, 0.5) is 0 Å². The number of rotatable bonds is 1. The second-order valence-corrected chi connectivity index (χ2v) is 3.20. The monoisotopic (exact) mass is 262 g/mol. The van der Waals surface area contributed by atoms with E-state index in [0.29, 0.717) is 11.1 Å². The molecule has 0 unspecified atom stereocenters. The van der Waals surface area contributed by atoms with Crippen LogP contribution in [-0.2, 0) is 0 Å². The molecule has 0 aliphatic heterocycles. The van der Waals surface area contributed by atoms with Gasteiger partial charge in [0, 0.05) is 33.7 Å². The van der Waals surface area contributed by atoms with Crippen LogP contribution in [0.3, 0.4) is 0 Å². The zero-order chi connectivity index (χ0) is 8.43. The van der Waals surface area contributed by atoms with Gasteiger partial charge >= 0.3 is 0 Å². The molecule has 0 radical (unpaired) electrons. The van der Waals surface area contributed by atoms with Crippen LogP contribution in [-0.4, -0.2) is 8.90 Å². The highest BCUT2D eigenvalue weighted by molar-refractivity contribution is 14.1. The molecule has 58 valence electrons. The quantitative estimate of drug-likeness (QED) is 0.622. The van der Waals surface area contributed by atoms with Crippen LogP contribution in [0.25, 0.3) is 0 Å². The van der Waals surface area contributed by atoms with Gasteiger partial charge in [0.1, 0.15) is 5.75 Å². The fourth-order valence-corrected chi connectivity index (χ4v) is 1.42. The highest BCUT2D eigenvalue weighted by Gasteiger charge is 2.06. The molecular weight excluding hydrogens is 255 g/mol. The van der Waals surface area contributed by atoms with Gasteiger partial charge in [-0.05, 0) is 13.0 Å². The third kappa shape index (κ3) is 1.71. The molecule has 3 heteroatoms. The first kappa shape index (κ1) is 8.52. The smallest absolute Gasteiger partial charge is 0.222 e. The van der Waals surface area contributed by atoms with E-state index in [9.17, 15) is 9.90 Å². The standard InChI is InChI=1S/C8H7IO2/c1-5-6(8(9)11)3-2-4-7(5)10/h2-4,10H,1H3. The van der Waals surface area contributed by atoms with Gasteiger partial charge in [-0.15, -0.1) is 0 Å². The van der Waals surface area contributed by atoms with Crippen molar-refractivity contribution in [1.29, 1.82) is 0 Å². The third-order valence-corrected chi connectivity index (χ3v) is 2.10. The molecule has 0 amide bonds. The average Bonchev–Trinajstić information content (AvgIpc) is 1.94. The van der Waals surface area contributed by atoms with E-state index >= 15 is 0 Å². The first-order valence-corrected chi connectivity index (χ1v) is 4.19. The summed E-state index contributed by atoms with van der Waals surface area (Å²) in [7, 11) is 0. The molecule has 1 N–H and O–H groups in total. The number of carbonyl (C=O) groups is 1. The summed E-state index contributed by atoms with van der Waals surface area (Å²) in [6.45, 7) is 1.72. The van der Waals surface area contributed by atoms with Crippen molar-refractivity contribution in [1.82, 2.24) is 0 Å². The molecule has 2 nitrogen and oxygen atoms in total. The minimum Gasteiger partial charge on any atom is -0.508 e. The van der Waals surface area contributed by atoms with Gasteiger partial charge in [-0.3, -0.25) is 4.79 Å². The van der Waals surface area contributed by atoms with Crippen molar-refractivity contribution >= 4 is 26.4 Å². The van der Waals surface area contributed by atoms with Crippen molar-refractivity contribution in [2.24, 2.45) is 0 Å². The van der Waals surface area contributed by atoms with Gasteiger partial charge in [0.25, 0.3) is 0 Å². The Morgan fingerprint density at radius 2 is 2.18 bits per heavy atom. The van der Waals surface area contributed by atoms with Crippen LogP contribution in [0.2, 0.25) is 0 Å². The van der Waals surface area contributed by atoms with E-state index in [2.05, 4.69) is 0 Å². The molecule has 1 aromatic carbocycles. The minimum atomic E-state index is -0.0454. The highest BCUT2D eigenvalue weighted by atomic mass is 127. The molecule has 0 aliphatic carbocycles. The maximum Gasteiger partial charge on any atom is 0.222 e. The molecule has 1 aromatic rings. The summed E-state index contributed by atoms with van der Waals surface area (Å²) >= 11 is 1.70. The molecule has 11 heavy (non-hydrogen) atoms. The third-order valence-electron chi connectivity index (χ3n) is 1.52. The Kier molecular flexibility index (Phi) is 2.49.